The summed E-state index contributed by atoms with van der Waals surface area (Å²) in [4.78, 5) is 0. The number of nitrogens with one attached hydrogen (secondary N) is 1. The van der Waals surface area contributed by atoms with E-state index in [0.717, 1.165) is 24.2 Å². The normalized spacial score (nSPS) is 14.2. The molecule has 2 aromatic rings. The molecule has 2 nitrogen and oxygen atoms in total. The lowest BCUT2D eigenvalue weighted by molar-refractivity contribution is 0.430. The first kappa shape index (κ1) is 15.4. The summed E-state index contributed by atoms with van der Waals surface area (Å²) in [5.41, 5.74) is 1.14. The second-order valence-electron chi connectivity index (χ2n) is 5.08. The van der Waals surface area contributed by atoms with Crippen molar-refractivity contribution in [2.24, 2.45) is 0 Å². The molecule has 1 heterocycles. The molecule has 2 unspecified atom stereocenters. The van der Waals surface area contributed by atoms with Crippen LogP contribution in [0.15, 0.2) is 41.0 Å². The van der Waals surface area contributed by atoms with Crippen LogP contribution < -0.4 is 5.32 Å². The molecule has 2 rings (SSSR count). The Labute approximate surface area is 130 Å². The van der Waals surface area contributed by atoms with Crippen LogP contribution in [0.1, 0.15) is 37.6 Å². The lowest BCUT2D eigenvalue weighted by Crippen LogP contribution is -2.29. The highest BCUT2D eigenvalue weighted by molar-refractivity contribution is 6.42. The summed E-state index contributed by atoms with van der Waals surface area (Å²) in [5, 5.41) is 4.75. The quantitative estimate of drug-likeness (QED) is 0.787. The number of benzene rings is 1. The summed E-state index contributed by atoms with van der Waals surface area (Å²) in [5.74, 6) is 1.03. The highest BCUT2D eigenvalue weighted by Gasteiger charge is 2.11. The molecule has 0 saturated heterocycles. The minimum atomic E-state index is 0.233. The first-order valence-electron chi connectivity index (χ1n) is 6.79. The van der Waals surface area contributed by atoms with Crippen molar-refractivity contribution in [3.63, 3.8) is 0 Å². The Morgan fingerprint density at radius 2 is 1.95 bits per heavy atom. The summed E-state index contributed by atoms with van der Waals surface area (Å²) < 4.78 is 5.34. The second-order valence-corrected chi connectivity index (χ2v) is 5.90. The van der Waals surface area contributed by atoms with Crippen molar-refractivity contribution in [3.05, 3.63) is 58.0 Å². The SMILES string of the molecule is CC(CCc1ccco1)NC(C)c1ccc(Cl)c(Cl)c1. The zero-order valence-corrected chi connectivity index (χ0v) is 13.2. The molecule has 0 fully saturated rings. The van der Waals surface area contributed by atoms with E-state index >= 15 is 0 Å². The first-order chi connectivity index (χ1) is 9.56. The maximum atomic E-state index is 6.05. The van der Waals surface area contributed by atoms with Crippen LogP contribution in [0, 0.1) is 0 Å². The van der Waals surface area contributed by atoms with Crippen LogP contribution in [-0.4, -0.2) is 6.04 Å². The van der Waals surface area contributed by atoms with Gasteiger partial charge < -0.3 is 9.73 Å². The number of hydrogen-bond acceptors (Lipinski definition) is 2. The van der Waals surface area contributed by atoms with E-state index in [4.69, 9.17) is 27.6 Å². The molecule has 1 aromatic heterocycles. The zero-order valence-electron chi connectivity index (χ0n) is 11.7. The zero-order chi connectivity index (χ0) is 14.5. The van der Waals surface area contributed by atoms with Gasteiger partial charge in [-0.05, 0) is 50.1 Å². The summed E-state index contributed by atoms with van der Waals surface area (Å²) in [6, 6.07) is 10.3. The third-order valence-electron chi connectivity index (χ3n) is 3.38. The molecular formula is C16H19Cl2NO. The molecule has 20 heavy (non-hydrogen) atoms. The molecule has 108 valence electrons. The van der Waals surface area contributed by atoms with Gasteiger partial charge in [-0.2, -0.15) is 0 Å². The molecule has 0 aliphatic rings. The van der Waals surface area contributed by atoms with Gasteiger partial charge in [0.05, 0.1) is 16.3 Å². The number of furan rings is 1. The Hall–Kier alpha value is -0.960. The van der Waals surface area contributed by atoms with E-state index in [0.29, 0.717) is 16.1 Å². The second kappa shape index (κ2) is 7.16. The summed E-state index contributed by atoms with van der Waals surface area (Å²) >= 11 is 12.0. The average Bonchev–Trinajstić information content (AvgIpc) is 2.92. The number of halogens is 2. The standard InChI is InChI=1S/C16H19Cl2NO/c1-11(5-7-14-4-3-9-20-14)19-12(2)13-6-8-15(17)16(18)10-13/h3-4,6,8-12,19H,5,7H2,1-2H3. The highest BCUT2D eigenvalue weighted by atomic mass is 35.5. The molecule has 0 aliphatic heterocycles. The number of aryl methyl sites for hydroxylation is 1. The molecule has 1 N–H and O–H groups in total. The van der Waals surface area contributed by atoms with Crippen molar-refractivity contribution in [1.82, 2.24) is 5.32 Å². The van der Waals surface area contributed by atoms with Gasteiger partial charge in [0.25, 0.3) is 0 Å². The average molecular weight is 312 g/mol. The van der Waals surface area contributed by atoms with Gasteiger partial charge in [-0.1, -0.05) is 29.3 Å². The fourth-order valence-electron chi connectivity index (χ4n) is 2.20. The Morgan fingerprint density at radius 3 is 2.60 bits per heavy atom. The Morgan fingerprint density at radius 1 is 1.15 bits per heavy atom. The lowest BCUT2D eigenvalue weighted by Gasteiger charge is -2.20. The first-order valence-corrected chi connectivity index (χ1v) is 7.55. The molecule has 4 heteroatoms. The van der Waals surface area contributed by atoms with Gasteiger partial charge >= 0.3 is 0 Å². The van der Waals surface area contributed by atoms with E-state index in [1.165, 1.54) is 0 Å². The minimum absolute atomic E-state index is 0.233. The number of rotatable bonds is 6. The van der Waals surface area contributed by atoms with Gasteiger partial charge in [0, 0.05) is 18.5 Å². The maximum Gasteiger partial charge on any atom is 0.103 e. The van der Waals surface area contributed by atoms with Crippen molar-refractivity contribution >= 4 is 23.2 Å². The fourth-order valence-corrected chi connectivity index (χ4v) is 2.51. The summed E-state index contributed by atoms with van der Waals surface area (Å²) in [6.45, 7) is 4.31. The van der Waals surface area contributed by atoms with Gasteiger partial charge in [0.2, 0.25) is 0 Å². The Kier molecular flexibility index (Phi) is 5.53. The molecule has 0 amide bonds. The van der Waals surface area contributed by atoms with Crippen molar-refractivity contribution in [3.8, 4) is 0 Å². The maximum absolute atomic E-state index is 6.05. The predicted molar refractivity (Wildman–Crippen MR) is 84.5 cm³/mol. The van der Waals surface area contributed by atoms with Crippen LogP contribution in [0.4, 0.5) is 0 Å². The van der Waals surface area contributed by atoms with Crippen LogP contribution in [-0.2, 0) is 6.42 Å². The van der Waals surface area contributed by atoms with Gasteiger partial charge in [-0.3, -0.25) is 0 Å². The molecule has 0 spiro atoms. The summed E-state index contributed by atoms with van der Waals surface area (Å²) in [6.07, 6.45) is 3.68. The van der Waals surface area contributed by atoms with E-state index in [1.54, 1.807) is 6.26 Å². The van der Waals surface area contributed by atoms with Crippen molar-refractivity contribution in [1.29, 1.82) is 0 Å². The van der Waals surface area contributed by atoms with Crippen LogP contribution in [0.25, 0.3) is 0 Å². The molecule has 0 saturated carbocycles. The lowest BCUT2D eigenvalue weighted by atomic mass is 10.1. The predicted octanol–water partition coefficient (Wildman–Crippen LogP) is 5.26. The van der Waals surface area contributed by atoms with Crippen molar-refractivity contribution < 1.29 is 4.42 Å². The van der Waals surface area contributed by atoms with Crippen LogP contribution in [0.5, 0.6) is 0 Å². The third-order valence-corrected chi connectivity index (χ3v) is 4.12. The number of hydrogen-bond donors (Lipinski definition) is 1. The minimum Gasteiger partial charge on any atom is -0.469 e. The van der Waals surface area contributed by atoms with Crippen molar-refractivity contribution in [2.45, 2.75) is 38.8 Å². The largest absolute Gasteiger partial charge is 0.469 e. The van der Waals surface area contributed by atoms with E-state index in [2.05, 4.69) is 19.2 Å². The van der Waals surface area contributed by atoms with E-state index < -0.39 is 0 Å². The van der Waals surface area contributed by atoms with Gasteiger partial charge in [-0.15, -0.1) is 0 Å². The topological polar surface area (TPSA) is 25.2 Å². The van der Waals surface area contributed by atoms with Gasteiger partial charge in [-0.25, -0.2) is 0 Å². The smallest absolute Gasteiger partial charge is 0.103 e. The molecule has 0 aliphatic carbocycles. The Bertz CT molecular complexity index is 539. The molecule has 0 radical (unpaired) electrons. The van der Waals surface area contributed by atoms with Crippen LogP contribution in [0.3, 0.4) is 0 Å². The molecule has 2 atom stereocenters. The van der Waals surface area contributed by atoms with Crippen LogP contribution >= 0.6 is 23.2 Å². The van der Waals surface area contributed by atoms with E-state index in [9.17, 15) is 0 Å². The third kappa shape index (κ3) is 4.27. The highest BCUT2D eigenvalue weighted by Crippen LogP contribution is 2.25. The van der Waals surface area contributed by atoms with E-state index in [1.807, 2.05) is 30.3 Å². The Balaban J connectivity index is 1.86. The van der Waals surface area contributed by atoms with E-state index in [-0.39, 0.29) is 6.04 Å². The van der Waals surface area contributed by atoms with Gasteiger partial charge in [0.1, 0.15) is 5.76 Å². The summed E-state index contributed by atoms with van der Waals surface area (Å²) in [7, 11) is 0. The van der Waals surface area contributed by atoms with Crippen LogP contribution in [0.2, 0.25) is 10.0 Å². The van der Waals surface area contributed by atoms with Gasteiger partial charge in [0.15, 0.2) is 0 Å². The fraction of sp³-hybridized carbons (Fsp3) is 0.375. The molecule has 1 aromatic carbocycles. The molecule has 0 bridgehead atoms. The van der Waals surface area contributed by atoms with Crippen molar-refractivity contribution in [2.75, 3.05) is 0 Å². The molecular weight excluding hydrogens is 293 g/mol. The monoisotopic (exact) mass is 311 g/mol.